The van der Waals surface area contributed by atoms with Crippen LogP contribution in [-0.4, -0.2) is 64.6 Å². The molecule has 0 aromatic rings. The summed E-state index contributed by atoms with van der Waals surface area (Å²) in [5, 5.41) is 3.46. The van der Waals surface area contributed by atoms with Crippen LogP contribution in [0.15, 0.2) is 0 Å². The molecule has 0 aliphatic rings. The molecule has 0 amide bonds. The average molecular weight is 232 g/mol. The minimum atomic E-state index is 0.263. The maximum absolute atomic E-state index is 5.26. The van der Waals surface area contributed by atoms with Crippen LogP contribution in [0.5, 0.6) is 0 Å². The van der Waals surface area contributed by atoms with Gasteiger partial charge in [-0.1, -0.05) is 0 Å². The van der Waals surface area contributed by atoms with E-state index in [0.717, 1.165) is 32.7 Å². The number of nitrogens with zero attached hydrogens (tertiary/aromatic N) is 1. The van der Waals surface area contributed by atoms with Gasteiger partial charge in [0.1, 0.15) is 0 Å². The van der Waals surface area contributed by atoms with Gasteiger partial charge in [-0.15, -0.1) is 0 Å². The van der Waals surface area contributed by atoms with Gasteiger partial charge in [0.15, 0.2) is 0 Å². The first-order valence-corrected chi connectivity index (χ1v) is 6.05. The number of rotatable bonds is 10. The van der Waals surface area contributed by atoms with E-state index in [0.29, 0.717) is 6.04 Å². The van der Waals surface area contributed by atoms with Crippen LogP contribution in [0.3, 0.4) is 0 Å². The van der Waals surface area contributed by atoms with Crippen molar-refractivity contribution in [2.45, 2.75) is 32.4 Å². The molecule has 0 heterocycles. The third-order valence-corrected chi connectivity index (χ3v) is 2.92. The summed E-state index contributed by atoms with van der Waals surface area (Å²) in [4.78, 5) is 2.32. The van der Waals surface area contributed by atoms with Crippen LogP contribution >= 0.6 is 0 Å². The van der Waals surface area contributed by atoms with E-state index in [1.807, 2.05) is 0 Å². The minimum Gasteiger partial charge on any atom is -0.385 e. The van der Waals surface area contributed by atoms with Crippen molar-refractivity contribution in [1.29, 1.82) is 0 Å². The Morgan fingerprint density at radius 2 is 1.88 bits per heavy atom. The topological polar surface area (TPSA) is 33.7 Å². The lowest BCUT2D eigenvalue weighted by Gasteiger charge is -2.22. The predicted octanol–water partition coefficient (Wildman–Crippen LogP) is 0.968. The molecular weight excluding hydrogens is 204 g/mol. The van der Waals surface area contributed by atoms with Gasteiger partial charge in [-0.25, -0.2) is 0 Å². The Labute approximate surface area is 100 Å². The minimum absolute atomic E-state index is 0.263. The second-order valence-electron chi connectivity index (χ2n) is 4.33. The smallest absolute Gasteiger partial charge is 0.0693 e. The van der Waals surface area contributed by atoms with Crippen LogP contribution in [0.25, 0.3) is 0 Å². The molecule has 0 aliphatic carbocycles. The SMILES string of the molecule is COCCCN(C)CCNC(C)C(C)OC. The average Bonchev–Trinajstić information content (AvgIpc) is 2.28. The van der Waals surface area contributed by atoms with Gasteiger partial charge in [0.25, 0.3) is 0 Å². The van der Waals surface area contributed by atoms with Gasteiger partial charge < -0.3 is 19.7 Å². The van der Waals surface area contributed by atoms with Crippen LogP contribution < -0.4 is 5.32 Å². The van der Waals surface area contributed by atoms with Crippen molar-refractivity contribution in [2.75, 3.05) is 47.5 Å². The van der Waals surface area contributed by atoms with E-state index in [2.05, 4.69) is 31.1 Å². The quantitative estimate of drug-likeness (QED) is 0.569. The molecule has 0 radical (unpaired) electrons. The van der Waals surface area contributed by atoms with E-state index in [1.165, 1.54) is 0 Å². The van der Waals surface area contributed by atoms with Crippen molar-refractivity contribution in [3.05, 3.63) is 0 Å². The van der Waals surface area contributed by atoms with E-state index in [9.17, 15) is 0 Å². The third kappa shape index (κ3) is 8.05. The summed E-state index contributed by atoms with van der Waals surface area (Å²) in [5.74, 6) is 0. The molecule has 0 saturated carbocycles. The summed E-state index contributed by atoms with van der Waals surface area (Å²) in [6.45, 7) is 8.22. The molecule has 98 valence electrons. The second-order valence-corrected chi connectivity index (χ2v) is 4.33. The van der Waals surface area contributed by atoms with Crippen LogP contribution in [-0.2, 0) is 9.47 Å². The van der Waals surface area contributed by atoms with Crippen molar-refractivity contribution in [3.8, 4) is 0 Å². The maximum atomic E-state index is 5.26. The third-order valence-electron chi connectivity index (χ3n) is 2.92. The zero-order valence-corrected chi connectivity index (χ0v) is 11.5. The summed E-state index contributed by atoms with van der Waals surface area (Å²) in [6.07, 6.45) is 1.36. The summed E-state index contributed by atoms with van der Waals surface area (Å²) >= 11 is 0. The molecule has 4 heteroatoms. The van der Waals surface area contributed by atoms with Gasteiger partial charge in [-0.2, -0.15) is 0 Å². The zero-order chi connectivity index (χ0) is 12.4. The molecule has 0 rings (SSSR count). The van der Waals surface area contributed by atoms with Crippen molar-refractivity contribution < 1.29 is 9.47 Å². The van der Waals surface area contributed by atoms with Gasteiger partial charge in [-0.3, -0.25) is 0 Å². The first kappa shape index (κ1) is 15.8. The molecule has 0 saturated heterocycles. The molecule has 0 aromatic carbocycles. The number of hydrogen-bond acceptors (Lipinski definition) is 4. The highest BCUT2D eigenvalue weighted by molar-refractivity contribution is 4.68. The summed E-state index contributed by atoms with van der Waals surface area (Å²) in [6, 6.07) is 0.400. The Hall–Kier alpha value is -0.160. The normalized spacial score (nSPS) is 15.4. The van der Waals surface area contributed by atoms with Gasteiger partial charge in [0.05, 0.1) is 6.10 Å². The van der Waals surface area contributed by atoms with Crippen molar-refractivity contribution in [1.82, 2.24) is 10.2 Å². The lowest BCUT2D eigenvalue weighted by Crippen LogP contribution is -2.40. The van der Waals surface area contributed by atoms with E-state index in [4.69, 9.17) is 9.47 Å². The lowest BCUT2D eigenvalue weighted by atomic mass is 10.2. The molecule has 0 aromatic heterocycles. The van der Waals surface area contributed by atoms with Gasteiger partial charge in [-0.05, 0) is 27.3 Å². The van der Waals surface area contributed by atoms with Gasteiger partial charge in [0, 0.05) is 46.5 Å². The molecule has 1 N–H and O–H groups in total. The zero-order valence-electron chi connectivity index (χ0n) is 11.5. The molecule has 2 unspecified atom stereocenters. The van der Waals surface area contributed by atoms with Crippen LogP contribution in [0.4, 0.5) is 0 Å². The summed E-state index contributed by atoms with van der Waals surface area (Å²) in [7, 11) is 5.64. The highest BCUT2D eigenvalue weighted by atomic mass is 16.5. The maximum Gasteiger partial charge on any atom is 0.0693 e. The fourth-order valence-electron chi connectivity index (χ4n) is 1.44. The fourth-order valence-corrected chi connectivity index (χ4v) is 1.44. The van der Waals surface area contributed by atoms with Crippen LogP contribution in [0.2, 0.25) is 0 Å². The second kappa shape index (κ2) is 10.0. The first-order valence-electron chi connectivity index (χ1n) is 6.05. The molecule has 2 atom stereocenters. The molecule has 4 nitrogen and oxygen atoms in total. The Bertz CT molecular complexity index is 156. The monoisotopic (exact) mass is 232 g/mol. The number of hydrogen-bond donors (Lipinski definition) is 1. The van der Waals surface area contributed by atoms with Gasteiger partial charge >= 0.3 is 0 Å². The number of likely N-dealkylation sites (N-methyl/N-ethyl adjacent to an activating group) is 1. The largest absolute Gasteiger partial charge is 0.385 e. The van der Waals surface area contributed by atoms with E-state index >= 15 is 0 Å². The molecule has 0 aliphatic heterocycles. The van der Waals surface area contributed by atoms with E-state index in [1.54, 1.807) is 14.2 Å². The lowest BCUT2D eigenvalue weighted by molar-refractivity contribution is 0.0878. The van der Waals surface area contributed by atoms with E-state index in [-0.39, 0.29) is 6.10 Å². The Balaban J connectivity index is 3.42. The highest BCUT2D eigenvalue weighted by Crippen LogP contribution is 1.95. The standard InChI is InChI=1S/C12H28N2O2/c1-11(12(2)16-5)13-7-9-14(3)8-6-10-15-4/h11-13H,6-10H2,1-5H3. The summed E-state index contributed by atoms with van der Waals surface area (Å²) in [5.41, 5.74) is 0. The molecule has 0 bridgehead atoms. The number of nitrogens with one attached hydrogen (secondary N) is 1. The van der Waals surface area contributed by atoms with E-state index < -0.39 is 0 Å². The van der Waals surface area contributed by atoms with Crippen LogP contribution in [0.1, 0.15) is 20.3 Å². The van der Waals surface area contributed by atoms with Crippen molar-refractivity contribution in [3.63, 3.8) is 0 Å². The number of methoxy groups -OCH3 is 2. The summed E-state index contributed by atoms with van der Waals surface area (Å²) < 4.78 is 10.3. The first-order chi connectivity index (χ1) is 7.61. The Morgan fingerprint density at radius 3 is 2.44 bits per heavy atom. The van der Waals surface area contributed by atoms with Crippen molar-refractivity contribution in [2.24, 2.45) is 0 Å². The van der Waals surface area contributed by atoms with Gasteiger partial charge in [0.2, 0.25) is 0 Å². The highest BCUT2D eigenvalue weighted by Gasteiger charge is 2.09. The fraction of sp³-hybridized carbons (Fsp3) is 1.00. The number of ether oxygens (including phenoxy) is 2. The van der Waals surface area contributed by atoms with Crippen molar-refractivity contribution >= 4 is 0 Å². The molecule has 16 heavy (non-hydrogen) atoms. The predicted molar refractivity (Wildman–Crippen MR) is 67.9 cm³/mol. The Kier molecular flexibility index (Phi) is 9.92. The molecular formula is C12H28N2O2. The Morgan fingerprint density at radius 1 is 1.19 bits per heavy atom. The molecule has 0 spiro atoms. The van der Waals surface area contributed by atoms with Crippen LogP contribution in [0, 0.1) is 0 Å². The molecule has 0 fully saturated rings.